The minimum atomic E-state index is -0.494. The number of carbonyl (C=O) groups excluding carboxylic acids is 2. The third-order valence-corrected chi connectivity index (χ3v) is 2.25. The van der Waals surface area contributed by atoms with E-state index in [4.69, 9.17) is 9.47 Å². The van der Waals surface area contributed by atoms with Gasteiger partial charge in [0.1, 0.15) is 12.2 Å². The Labute approximate surface area is 102 Å². The number of esters is 1. The van der Waals surface area contributed by atoms with Gasteiger partial charge in [0.25, 0.3) is 0 Å². The number of amides is 1. The van der Waals surface area contributed by atoms with Gasteiger partial charge in [-0.05, 0) is 33.6 Å². The van der Waals surface area contributed by atoms with Gasteiger partial charge in [0.2, 0.25) is 0 Å². The highest BCUT2D eigenvalue weighted by molar-refractivity contribution is 5.69. The quantitative estimate of drug-likeness (QED) is 0.708. The van der Waals surface area contributed by atoms with E-state index in [1.54, 1.807) is 4.90 Å². The number of nitrogens with zero attached hydrogens (tertiary/aromatic N) is 1. The molecule has 1 aliphatic rings. The normalized spacial score (nSPS) is 15.3. The molecule has 0 radical (unpaired) electrons. The predicted octanol–water partition coefficient (Wildman–Crippen LogP) is 1.95. The molecular formula is C12H21NO4. The zero-order valence-corrected chi connectivity index (χ0v) is 11.0. The summed E-state index contributed by atoms with van der Waals surface area (Å²) in [5.74, 6) is -0.329. The third kappa shape index (κ3) is 5.56. The second-order valence-electron chi connectivity index (χ2n) is 5.24. The fourth-order valence-electron chi connectivity index (χ4n) is 1.42. The molecule has 0 aromatic rings. The smallest absolute Gasteiger partial charge is 0.410 e. The summed E-state index contributed by atoms with van der Waals surface area (Å²) >= 11 is 0. The molecule has 17 heavy (non-hydrogen) atoms. The molecular weight excluding hydrogens is 222 g/mol. The van der Waals surface area contributed by atoms with E-state index in [1.807, 2.05) is 20.8 Å². The first-order valence-corrected chi connectivity index (χ1v) is 5.92. The number of hydrogen-bond acceptors (Lipinski definition) is 4. The largest absolute Gasteiger partial charge is 0.464 e. The predicted molar refractivity (Wildman–Crippen MR) is 62.6 cm³/mol. The van der Waals surface area contributed by atoms with Gasteiger partial charge >= 0.3 is 12.1 Å². The third-order valence-electron chi connectivity index (χ3n) is 2.25. The highest BCUT2D eigenvalue weighted by Gasteiger charge is 2.35. The first-order valence-electron chi connectivity index (χ1n) is 5.92. The van der Waals surface area contributed by atoms with E-state index in [0.717, 1.165) is 12.8 Å². The Morgan fingerprint density at radius 1 is 1.29 bits per heavy atom. The molecule has 5 nitrogen and oxygen atoms in total. The van der Waals surface area contributed by atoms with Crippen molar-refractivity contribution < 1.29 is 19.1 Å². The molecule has 0 aromatic carbocycles. The molecule has 1 rings (SSSR count). The summed E-state index contributed by atoms with van der Waals surface area (Å²) in [6.07, 6.45) is 1.67. The molecule has 1 amide bonds. The van der Waals surface area contributed by atoms with Crippen molar-refractivity contribution in [2.45, 2.75) is 52.2 Å². The molecule has 1 saturated carbocycles. The van der Waals surface area contributed by atoms with Crippen molar-refractivity contribution in [1.82, 2.24) is 4.90 Å². The zero-order valence-electron chi connectivity index (χ0n) is 11.0. The Morgan fingerprint density at radius 3 is 2.29 bits per heavy atom. The van der Waals surface area contributed by atoms with E-state index in [2.05, 4.69) is 0 Å². The van der Waals surface area contributed by atoms with Crippen LogP contribution in [-0.2, 0) is 14.3 Å². The number of hydrogen-bond donors (Lipinski definition) is 0. The van der Waals surface area contributed by atoms with Crippen molar-refractivity contribution in [2.75, 3.05) is 13.2 Å². The Bertz CT molecular complexity index is 291. The van der Waals surface area contributed by atoms with Crippen LogP contribution < -0.4 is 0 Å². The van der Waals surface area contributed by atoms with Crippen molar-refractivity contribution in [2.24, 2.45) is 0 Å². The zero-order chi connectivity index (χ0) is 13.1. The molecule has 0 heterocycles. The van der Waals surface area contributed by atoms with Crippen LogP contribution in [0.25, 0.3) is 0 Å². The average Bonchev–Trinajstić information content (AvgIpc) is 2.91. The first-order chi connectivity index (χ1) is 7.79. The van der Waals surface area contributed by atoms with E-state index in [1.165, 1.54) is 6.92 Å². The molecule has 1 aliphatic carbocycles. The van der Waals surface area contributed by atoms with E-state index >= 15 is 0 Å². The molecule has 0 aromatic heterocycles. The summed E-state index contributed by atoms with van der Waals surface area (Å²) in [7, 11) is 0. The van der Waals surface area contributed by atoms with Crippen LogP contribution in [0.15, 0.2) is 0 Å². The van der Waals surface area contributed by atoms with Gasteiger partial charge in [-0.3, -0.25) is 4.79 Å². The van der Waals surface area contributed by atoms with Gasteiger partial charge in [-0.25, -0.2) is 4.79 Å². The van der Waals surface area contributed by atoms with Gasteiger partial charge in [-0.1, -0.05) is 0 Å². The fraction of sp³-hybridized carbons (Fsp3) is 0.833. The highest BCUT2D eigenvalue weighted by Crippen LogP contribution is 2.28. The molecule has 98 valence electrons. The lowest BCUT2D eigenvalue weighted by Crippen LogP contribution is -2.40. The second-order valence-corrected chi connectivity index (χ2v) is 5.24. The average molecular weight is 243 g/mol. The molecule has 5 heteroatoms. The van der Waals surface area contributed by atoms with Crippen molar-refractivity contribution in [3.05, 3.63) is 0 Å². The Morgan fingerprint density at radius 2 is 1.88 bits per heavy atom. The fourth-order valence-corrected chi connectivity index (χ4v) is 1.42. The van der Waals surface area contributed by atoms with Gasteiger partial charge in [-0.2, -0.15) is 0 Å². The summed E-state index contributed by atoms with van der Waals surface area (Å²) in [5, 5.41) is 0. The lowest BCUT2D eigenvalue weighted by Gasteiger charge is -2.27. The summed E-state index contributed by atoms with van der Waals surface area (Å²) < 4.78 is 10.1. The molecule has 0 unspecified atom stereocenters. The van der Waals surface area contributed by atoms with Crippen LogP contribution in [0, 0.1) is 0 Å². The molecule has 0 saturated heterocycles. The molecule has 0 N–H and O–H groups in total. The molecule has 0 aliphatic heterocycles. The topological polar surface area (TPSA) is 55.8 Å². The van der Waals surface area contributed by atoms with Gasteiger partial charge in [0, 0.05) is 13.0 Å². The van der Waals surface area contributed by atoms with Crippen molar-refractivity contribution in [3.63, 3.8) is 0 Å². The van der Waals surface area contributed by atoms with Gasteiger partial charge in [0.15, 0.2) is 0 Å². The van der Waals surface area contributed by atoms with Crippen molar-refractivity contribution >= 4 is 12.1 Å². The Balaban J connectivity index is 2.42. The number of ether oxygens (including phenoxy) is 2. The van der Waals surface area contributed by atoms with E-state index < -0.39 is 5.60 Å². The minimum absolute atomic E-state index is 0.227. The van der Waals surface area contributed by atoms with Crippen LogP contribution in [0.3, 0.4) is 0 Å². The van der Waals surface area contributed by atoms with Crippen LogP contribution in [0.5, 0.6) is 0 Å². The highest BCUT2D eigenvalue weighted by atomic mass is 16.6. The van der Waals surface area contributed by atoms with Gasteiger partial charge in [0.05, 0.1) is 6.54 Å². The van der Waals surface area contributed by atoms with Crippen LogP contribution >= 0.6 is 0 Å². The standard InChI is InChI=1S/C12H21NO4/c1-9(14)16-8-7-13(10-5-6-10)11(15)17-12(2,3)4/h10H,5-8H2,1-4H3. The van der Waals surface area contributed by atoms with Crippen LogP contribution in [-0.4, -0.2) is 41.8 Å². The maximum atomic E-state index is 11.9. The summed E-state index contributed by atoms with van der Waals surface area (Å²) in [6, 6.07) is 0.250. The minimum Gasteiger partial charge on any atom is -0.464 e. The lowest BCUT2D eigenvalue weighted by atomic mass is 10.2. The van der Waals surface area contributed by atoms with E-state index in [0.29, 0.717) is 6.54 Å². The second kappa shape index (κ2) is 5.38. The molecule has 0 spiro atoms. The van der Waals surface area contributed by atoms with Crippen molar-refractivity contribution in [1.29, 1.82) is 0 Å². The Kier molecular flexibility index (Phi) is 4.37. The van der Waals surface area contributed by atoms with Crippen LogP contribution in [0.1, 0.15) is 40.5 Å². The Hall–Kier alpha value is -1.26. The lowest BCUT2D eigenvalue weighted by molar-refractivity contribution is -0.141. The summed E-state index contributed by atoms with van der Waals surface area (Å²) in [6.45, 7) is 7.49. The van der Waals surface area contributed by atoms with Crippen LogP contribution in [0.2, 0.25) is 0 Å². The van der Waals surface area contributed by atoms with Crippen molar-refractivity contribution in [3.8, 4) is 0 Å². The number of rotatable bonds is 4. The summed E-state index contributed by atoms with van der Waals surface area (Å²) in [5.41, 5.74) is -0.494. The maximum Gasteiger partial charge on any atom is 0.410 e. The SMILES string of the molecule is CC(=O)OCCN(C(=O)OC(C)(C)C)C1CC1. The van der Waals surface area contributed by atoms with E-state index in [-0.39, 0.29) is 24.7 Å². The molecule has 0 bridgehead atoms. The first kappa shape index (κ1) is 13.8. The molecule has 1 fully saturated rings. The van der Waals surface area contributed by atoms with Gasteiger partial charge in [-0.15, -0.1) is 0 Å². The maximum absolute atomic E-state index is 11.9. The van der Waals surface area contributed by atoms with E-state index in [9.17, 15) is 9.59 Å². The summed E-state index contributed by atoms with van der Waals surface area (Å²) in [4.78, 5) is 24.2. The number of carbonyl (C=O) groups is 2. The van der Waals surface area contributed by atoms with Crippen LogP contribution in [0.4, 0.5) is 4.79 Å². The van der Waals surface area contributed by atoms with Gasteiger partial charge < -0.3 is 14.4 Å². The molecule has 0 atom stereocenters. The monoisotopic (exact) mass is 243 g/mol.